The van der Waals surface area contributed by atoms with Gasteiger partial charge >= 0.3 is 0 Å². The van der Waals surface area contributed by atoms with Gasteiger partial charge in [-0.2, -0.15) is 0 Å². The van der Waals surface area contributed by atoms with Gasteiger partial charge in [-0.3, -0.25) is 4.79 Å². The number of benzene rings is 2. The van der Waals surface area contributed by atoms with Crippen LogP contribution < -0.4 is 5.32 Å². The summed E-state index contributed by atoms with van der Waals surface area (Å²) in [6, 6.07) is 14.0. The molecule has 1 saturated carbocycles. The highest BCUT2D eigenvalue weighted by atomic mass is 16.3. The van der Waals surface area contributed by atoms with Crippen LogP contribution in [0.15, 0.2) is 42.5 Å². The topological polar surface area (TPSA) is 49.3 Å². The summed E-state index contributed by atoms with van der Waals surface area (Å²) in [6.07, 6.45) is 3.09. The lowest BCUT2D eigenvalue weighted by atomic mass is 9.93. The number of aliphatic hydroxyl groups is 1. The second-order valence-corrected chi connectivity index (χ2v) is 5.54. The normalized spacial score (nSPS) is 22.6. The molecule has 0 aliphatic heterocycles. The van der Waals surface area contributed by atoms with E-state index in [2.05, 4.69) is 5.32 Å². The Hall–Kier alpha value is -1.87. The zero-order valence-electron chi connectivity index (χ0n) is 11.4. The third-order valence-electron chi connectivity index (χ3n) is 4.04. The van der Waals surface area contributed by atoms with E-state index in [4.69, 9.17) is 0 Å². The molecule has 1 aliphatic rings. The molecule has 2 aromatic carbocycles. The van der Waals surface area contributed by atoms with E-state index in [0.717, 1.165) is 36.5 Å². The van der Waals surface area contributed by atoms with Crippen molar-refractivity contribution >= 4 is 16.7 Å². The molecule has 20 heavy (non-hydrogen) atoms. The van der Waals surface area contributed by atoms with Crippen LogP contribution in [0.5, 0.6) is 0 Å². The van der Waals surface area contributed by atoms with Crippen molar-refractivity contribution in [3.63, 3.8) is 0 Å². The molecule has 0 spiro atoms. The fourth-order valence-electron chi connectivity index (χ4n) is 2.82. The minimum absolute atomic E-state index is 0.0165. The van der Waals surface area contributed by atoms with Crippen LogP contribution >= 0.6 is 0 Å². The number of hydrogen-bond donors (Lipinski definition) is 2. The van der Waals surface area contributed by atoms with Crippen LogP contribution in [-0.4, -0.2) is 23.2 Å². The van der Waals surface area contributed by atoms with Crippen molar-refractivity contribution in [3.05, 3.63) is 48.0 Å². The highest BCUT2D eigenvalue weighted by Crippen LogP contribution is 2.20. The standard InChI is InChI=1S/C17H19NO2/c19-16-9-7-15(8-10-16)18-17(20)14-6-5-12-3-1-2-4-13(12)11-14/h1-6,11,15-16,19H,7-10H2,(H,18,20). The van der Waals surface area contributed by atoms with Gasteiger partial charge in [0.25, 0.3) is 5.91 Å². The lowest BCUT2D eigenvalue weighted by Crippen LogP contribution is -2.38. The van der Waals surface area contributed by atoms with E-state index in [1.54, 1.807) is 0 Å². The minimum atomic E-state index is -0.191. The zero-order chi connectivity index (χ0) is 13.9. The highest BCUT2D eigenvalue weighted by molar-refractivity contribution is 5.98. The summed E-state index contributed by atoms with van der Waals surface area (Å²) in [5.74, 6) is -0.0165. The van der Waals surface area contributed by atoms with Crippen LogP contribution in [0.2, 0.25) is 0 Å². The van der Waals surface area contributed by atoms with Gasteiger partial charge in [-0.05, 0) is 48.6 Å². The van der Waals surface area contributed by atoms with Gasteiger partial charge in [0.1, 0.15) is 0 Å². The van der Waals surface area contributed by atoms with Crippen molar-refractivity contribution in [2.75, 3.05) is 0 Å². The van der Waals surface area contributed by atoms with Crippen LogP contribution in [0.25, 0.3) is 10.8 Å². The molecule has 0 heterocycles. The Balaban J connectivity index is 1.72. The Morgan fingerprint density at radius 1 is 1.00 bits per heavy atom. The van der Waals surface area contributed by atoms with Gasteiger partial charge in [0.15, 0.2) is 0 Å². The second-order valence-electron chi connectivity index (χ2n) is 5.54. The number of carbonyl (C=O) groups is 1. The molecule has 1 aliphatic carbocycles. The highest BCUT2D eigenvalue weighted by Gasteiger charge is 2.21. The summed E-state index contributed by atoms with van der Waals surface area (Å²) in [5, 5.41) is 14.8. The molecule has 3 nitrogen and oxygen atoms in total. The first-order valence-electron chi connectivity index (χ1n) is 7.20. The summed E-state index contributed by atoms with van der Waals surface area (Å²) in [7, 11) is 0. The predicted octanol–water partition coefficient (Wildman–Crippen LogP) is 2.87. The molecule has 104 valence electrons. The van der Waals surface area contributed by atoms with Crippen LogP contribution in [-0.2, 0) is 0 Å². The van der Waals surface area contributed by atoms with Gasteiger partial charge in [0.05, 0.1) is 6.10 Å². The van der Waals surface area contributed by atoms with E-state index in [0.29, 0.717) is 5.56 Å². The molecule has 1 amide bonds. The number of aliphatic hydroxyl groups excluding tert-OH is 1. The molecule has 2 N–H and O–H groups in total. The van der Waals surface area contributed by atoms with Gasteiger partial charge in [0, 0.05) is 11.6 Å². The van der Waals surface area contributed by atoms with Crippen molar-refractivity contribution in [3.8, 4) is 0 Å². The lowest BCUT2D eigenvalue weighted by molar-refractivity contribution is 0.0868. The molecule has 2 aromatic rings. The summed E-state index contributed by atoms with van der Waals surface area (Å²) < 4.78 is 0. The van der Waals surface area contributed by atoms with Gasteiger partial charge in [0.2, 0.25) is 0 Å². The Morgan fingerprint density at radius 3 is 2.45 bits per heavy atom. The molecule has 3 heteroatoms. The fourth-order valence-corrected chi connectivity index (χ4v) is 2.82. The third-order valence-corrected chi connectivity index (χ3v) is 4.04. The van der Waals surface area contributed by atoms with Gasteiger partial charge < -0.3 is 10.4 Å². The predicted molar refractivity (Wildman–Crippen MR) is 79.7 cm³/mol. The summed E-state index contributed by atoms with van der Waals surface area (Å²) in [5.41, 5.74) is 0.704. The molecule has 0 saturated heterocycles. The fraction of sp³-hybridized carbons (Fsp3) is 0.353. The van der Waals surface area contributed by atoms with Crippen LogP contribution in [0.1, 0.15) is 36.0 Å². The van der Waals surface area contributed by atoms with Crippen LogP contribution in [0.4, 0.5) is 0 Å². The van der Waals surface area contributed by atoms with Gasteiger partial charge in [-0.25, -0.2) is 0 Å². The molecule has 0 unspecified atom stereocenters. The monoisotopic (exact) mass is 269 g/mol. The van der Waals surface area contributed by atoms with Crippen LogP contribution in [0.3, 0.4) is 0 Å². The van der Waals surface area contributed by atoms with Crippen molar-refractivity contribution < 1.29 is 9.90 Å². The Morgan fingerprint density at radius 2 is 1.70 bits per heavy atom. The molecular formula is C17H19NO2. The Kier molecular flexibility index (Phi) is 3.70. The maximum absolute atomic E-state index is 12.3. The molecule has 3 rings (SSSR count). The molecule has 0 atom stereocenters. The maximum atomic E-state index is 12.3. The zero-order valence-corrected chi connectivity index (χ0v) is 11.4. The van der Waals surface area contributed by atoms with Crippen LogP contribution in [0, 0.1) is 0 Å². The molecule has 0 aromatic heterocycles. The van der Waals surface area contributed by atoms with Crippen molar-refractivity contribution in [1.29, 1.82) is 0 Å². The second kappa shape index (κ2) is 5.63. The van der Waals surface area contributed by atoms with E-state index >= 15 is 0 Å². The first-order valence-corrected chi connectivity index (χ1v) is 7.20. The summed E-state index contributed by atoms with van der Waals surface area (Å²) in [6.45, 7) is 0. The first-order chi connectivity index (χ1) is 9.72. The van der Waals surface area contributed by atoms with E-state index < -0.39 is 0 Å². The maximum Gasteiger partial charge on any atom is 0.251 e. The van der Waals surface area contributed by atoms with Gasteiger partial charge in [-0.15, -0.1) is 0 Å². The quantitative estimate of drug-likeness (QED) is 0.880. The number of rotatable bonds is 2. The molecule has 0 radical (unpaired) electrons. The number of amides is 1. The third kappa shape index (κ3) is 2.83. The SMILES string of the molecule is O=C(NC1CCC(O)CC1)c1ccc2ccccc2c1. The van der Waals surface area contributed by atoms with E-state index in [9.17, 15) is 9.90 Å². The largest absolute Gasteiger partial charge is 0.393 e. The van der Waals surface area contributed by atoms with Crippen molar-refractivity contribution in [2.45, 2.75) is 37.8 Å². The molecule has 0 bridgehead atoms. The first kappa shape index (κ1) is 13.1. The van der Waals surface area contributed by atoms with Crippen molar-refractivity contribution in [1.82, 2.24) is 5.32 Å². The summed E-state index contributed by atoms with van der Waals surface area (Å²) in [4.78, 5) is 12.3. The van der Waals surface area contributed by atoms with E-state index in [1.165, 1.54) is 0 Å². The van der Waals surface area contributed by atoms with E-state index in [-0.39, 0.29) is 18.1 Å². The smallest absolute Gasteiger partial charge is 0.251 e. The van der Waals surface area contributed by atoms with E-state index in [1.807, 2.05) is 42.5 Å². The summed E-state index contributed by atoms with van der Waals surface area (Å²) >= 11 is 0. The average Bonchev–Trinajstić information content (AvgIpc) is 2.49. The minimum Gasteiger partial charge on any atom is -0.393 e. The number of carbonyl (C=O) groups excluding carboxylic acids is 1. The van der Waals surface area contributed by atoms with Crippen molar-refractivity contribution in [2.24, 2.45) is 0 Å². The number of nitrogens with one attached hydrogen (secondary N) is 1. The molecular weight excluding hydrogens is 250 g/mol. The lowest BCUT2D eigenvalue weighted by Gasteiger charge is -2.26. The number of fused-ring (bicyclic) bond motifs is 1. The Bertz CT molecular complexity index is 615. The molecule has 1 fully saturated rings. The number of hydrogen-bond acceptors (Lipinski definition) is 2. The average molecular weight is 269 g/mol. The van der Waals surface area contributed by atoms with Gasteiger partial charge in [-0.1, -0.05) is 30.3 Å². The Labute approximate surface area is 118 Å².